The summed E-state index contributed by atoms with van der Waals surface area (Å²) in [5, 5.41) is 17.4. The fourth-order valence-corrected chi connectivity index (χ4v) is 3.51. The molecule has 2 heterocycles. The minimum absolute atomic E-state index is 0.171. The molecule has 2 aliphatic rings. The van der Waals surface area contributed by atoms with Gasteiger partial charge in [-0.3, -0.25) is 4.90 Å². The molecule has 0 bridgehead atoms. The minimum Gasteiger partial charge on any atom is -0.475 e. The largest absolute Gasteiger partial charge is 0.490 e. The second-order valence-corrected chi connectivity index (χ2v) is 6.97. The molecule has 2 aliphatic heterocycles. The summed E-state index contributed by atoms with van der Waals surface area (Å²) in [5.74, 6) is -2.01. The van der Waals surface area contributed by atoms with E-state index in [0.29, 0.717) is 6.04 Å². The fraction of sp³-hybridized carbons (Fsp3) is 0.632. The van der Waals surface area contributed by atoms with Crippen LogP contribution in [0.1, 0.15) is 24.8 Å². The van der Waals surface area contributed by atoms with Crippen molar-refractivity contribution >= 4 is 5.97 Å². The van der Waals surface area contributed by atoms with Crippen LogP contribution in [0.5, 0.6) is 0 Å². The van der Waals surface area contributed by atoms with E-state index >= 15 is 0 Å². The van der Waals surface area contributed by atoms with Gasteiger partial charge in [-0.05, 0) is 37.2 Å². The van der Waals surface area contributed by atoms with Crippen LogP contribution in [-0.2, 0) is 16.0 Å². The number of halogens is 3. The predicted molar refractivity (Wildman–Crippen MR) is 93.4 cm³/mol. The van der Waals surface area contributed by atoms with Crippen molar-refractivity contribution in [2.45, 2.75) is 44.0 Å². The van der Waals surface area contributed by atoms with Crippen molar-refractivity contribution in [3.05, 3.63) is 35.9 Å². The molecule has 2 saturated heterocycles. The molecule has 2 N–H and O–H groups in total. The second kappa shape index (κ2) is 10.1. The number of aliphatic hydroxyl groups is 1. The van der Waals surface area contributed by atoms with Crippen LogP contribution in [0, 0.1) is 5.92 Å². The standard InChI is InChI=1S/C17H25NO2.C2HF3O2/c19-17-6-9-18(13-15-7-10-20-11-8-15)16(17)12-14-4-2-1-3-5-14;3-2(4,5)1(6)7/h1-5,15-17,19H,6-13H2;(H,6,7)/t16-,17+;/m0./s1. The number of carbonyl (C=O) groups is 1. The van der Waals surface area contributed by atoms with Gasteiger partial charge in [0.1, 0.15) is 0 Å². The van der Waals surface area contributed by atoms with Gasteiger partial charge < -0.3 is 14.9 Å². The lowest BCUT2D eigenvalue weighted by molar-refractivity contribution is -0.192. The summed E-state index contributed by atoms with van der Waals surface area (Å²) >= 11 is 0. The van der Waals surface area contributed by atoms with E-state index in [9.17, 15) is 18.3 Å². The molecule has 1 aromatic rings. The first kappa shape index (κ1) is 21.7. The van der Waals surface area contributed by atoms with Gasteiger partial charge in [0.2, 0.25) is 0 Å². The zero-order chi connectivity index (χ0) is 19.9. The number of hydrogen-bond acceptors (Lipinski definition) is 4. The summed E-state index contributed by atoms with van der Waals surface area (Å²) in [6, 6.07) is 10.8. The lowest BCUT2D eigenvalue weighted by Gasteiger charge is -2.31. The topological polar surface area (TPSA) is 70.0 Å². The maximum Gasteiger partial charge on any atom is 0.490 e. The van der Waals surface area contributed by atoms with Crippen LogP contribution < -0.4 is 0 Å². The third-order valence-corrected chi connectivity index (χ3v) is 4.99. The highest BCUT2D eigenvalue weighted by Gasteiger charge is 2.38. The van der Waals surface area contributed by atoms with Gasteiger partial charge in [0.15, 0.2) is 0 Å². The normalized spacial score (nSPS) is 24.3. The van der Waals surface area contributed by atoms with E-state index in [2.05, 4.69) is 29.2 Å². The molecule has 1 aromatic carbocycles. The number of benzene rings is 1. The van der Waals surface area contributed by atoms with Gasteiger partial charge in [-0.2, -0.15) is 13.2 Å². The highest BCUT2D eigenvalue weighted by Crippen LogP contribution is 2.25. The van der Waals surface area contributed by atoms with Crippen molar-refractivity contribution < 1.29 is 32.9 Å². The summed E-state index contributed by atoms with van der Waals surface area (Å²) in [5.41, 5.74) is 1.33. The molecule has 0 spiro atoms. The molecule has 152 valence electrons. The van der Waals surface area contributed by atoms with E-state index in [1.54, 1.807) is 0 Å². The summed E-state index contributed by atoms with van der Waals surface area (Å²) in [4.78, 5) is 11.4. The molecule has 0 amide bonds. The number of carboxylic acids is 1. The van der Waals surface area contributed by atoms with Gasteiger partial charge >= 0.3 is 12.1 Å². The van der Waals surface area contributed by atoms with E-state index in [1.807, 2.05) is 6.07 Å². The molecule has 0 aliphatic carbocycles. The molecule has 0 radical (unpaired) electrons. The van der Waals surface area contributed by atoms with Crippen molar-refractivity contribution in [1.82, 2.24) is 4.90 Å². The van der Waals surface area contributed by atoms with Crippen molar-refractivity contribution in [3.63, 3.8) is 0 Å². The Morgan fingerprint density at radius 2 is 1.74 bits per heavy atom. The molecule has 0 aromatic heterocycles. The molecule has 3 rings (SSSR count). The van der Waals surface area contributed by atoms with E-state index in [-0.39, 0.29) is 6.10 Å². The van der Waals surface area contributed by atoms with Gasteiger partial charge in [-0.25, -0.2) is 4.79 Å². The molecule has 2 atom stereocenters. The summed E-state index contributed by atoms with van der Waals surface area (Å²) in [6.45, 7) is 3.97. The number of carboxylic acid groups (broad SMARTS) is 1. The molecular weight excluding hydrogens is 363 g/mol. The third kappa shape index (κ3) is 7.12. The van der Waals surface area contributed by atoms with Crippen molar-refractivity contribution in [2.75, 3.05) is 26.3 Å². The average molecular weight is 389 g/mol. The number of aliphatic hydroxyl groups excluding tert-OH is 1. The molecule has 27 heavy (non-hydrogen) atoms. The Labute approximate surface area is 156 Å². The Balaban J connectivity index is 0.000000321. The fourth-order valence-electron chi connectivity index (χ4n) is 3.51. The number of aliphatic carboxylic acids is 1. The SMILES string of the molecule is O=C(O)C(F)(F)F.O[C@@H]1CCN(CC2CCOCC2)[C@H]1Cc1ccccc1. The van der Waals surface area contributed by atoms with Gasteiger partial charge in [0.25, 0.3) is 0 Å². The lowest BCUT2D eigenvalue weighted by Crippen LogP contribution is -2.40. The second-order valence-electron chi connectivity index (χ2n) is 6.97. The Morgan fingerprint density at radius 3 is 2.30 bits per heavy atom. The maximum atomic E-state index is 10.6. The van der Waals surface area contributed by atoms with Gasteiger partial charge in [-0.15, -0.1) is 0 Å². The summed E-state index contributed by atoms with van der Waals surface area (Å²) < 4.78 is 37.2. The molecule has 8 heteroatoms. The Kier molecular flexibility index (Phi) is 8.07. The number of rotatable bonds is 4. The number of ether oxygens (including phenoxy) is 1. The van der Waals surface area contributed by atoms with E-state index in [0.717, 1.165) is 45.1 Å². The zero-order valence-corrected chi connectivity index (χ0v) is 15.1. The quantitative estimate of drug-likeness (QED) is 0.829. The van der Waals surface area contributed by atoms with E-state index < -0.39 is 12.1 Å². The molecule has 0 unspecified atom stereocenters. The van der Waals surface area contributed by atoms with Gasteiger partial charge in [0, 0.05) is 32.3 Å². The van der Waals surface area contributed by atoms with Crippen LogP contribution in [-0.4, -0.2) is 65.7 Å². The predicted octanol–water partition coefficient (Wildman–Crippen LogP) is 2.72. The van der Waals surface area contributed by atoms with E-state index in [1.165, 1.54) is 18.4 Å². The number of nitrogens with zero attached hydrogens (tertiary/aromatic N) is 1. The van der Waals surface area contributed by atoms with Crippen molar-refractivity contribution in [3.8, 4) is 0 Å². The monoisotopic (exact) mass is 389 g/mol. The number of alkyl halides is 3. The van der Waals surface area contributed by atoms with Crippen molar-refractivity contribution in [1.29, 1.82) is 0 Å². The van der Waals surface area contributed by atoms with Gasteiger partial charge in [-0.1, -0.05) is 30.3 Å². The first-order chi connectivity index (χ1) is 12.8. The van der Waals surface area contributed by atoms with Crippen LogP contribution >= 0.6 is 0 Å². The molecule has 0 saturated carbocycles. The molecule has 2 fully saturated rings. The summed E-state index contributed by atoms with van der Waals surface area (Å²) in [7, 11) is 0. The zero-order valence-electron chi connectivity index (χ0n) is 15.1. The van der Waals surface area contributed by atoms with Crippen LogP contribution in [0.4, 0.5) is 13.2 Å². The van der Waals surface area contributed by atoms with Crippen LogP contribution in [0.2, 0.25) is 0 Å². The van der Waals surface area contributed by atoms with Crippen LogP contribution in [0.15, 0.2) is 30.3 Å². The Hall–Kier alpha value is -1.64. The van der Waals surface area contributed by atoms with Crippen LogP contribution in [0.3, 0.4) is 0 Å². The lowest BCUT2D eigenvalue weighted by atomic mass is 9.97. The smallest absolute Gasteiger partial charge is 0.475 e. The maximum absolute atomic E-state index is 10.6. The number of likely N-dealkylation sites (tertiary alicyclic amines) is 1. The average Bonchev–Trinajstić information content (AvgIpc) is 2.96. The number of hydrogen-bond donors (Lipinski definition) is 2. The van der Waals surface area contributed by atoms with E-state index in [4.69, 9.17) is 14.6 Å². The highest BCUT2D eigenvalue weighted by molar-refractivity contribution is 5.73. The highest BCUT2D eigenvalue weighted by atomic mass is 19.4. The molecule has 5 nitrogen and oxygen atoms in total. The Bertz CT molecular complexity index is 576. The molecular formula is C19H26F3NO4. The minimum atomic E-state index is -5.08. The van der Waals surface area contributed by atoms with Crippen LogP contribution in [0.25, 0.3) is 0 Å². The Morgan fingerprint density at radius 1 is 1.15 bits per heavy atom. The van der Waals surface area contributed by atoms with Crippen molar-refractivity contribution in [2.24, 2.45) is 5.92 Å². The summed E-state index contributed by atoms with van der Waals surface area (Å²) in [6.07, 6.45) is -1.03. The first-order valence-electron chi connectivity index (χ1n) is 9.11. The first-order valence-corrected chi connectivity index (χ1v) is 9.11. The van der Waals surface area contributed by atoms with Gasteiger partial charge in [0.05, 0.1) is 6.10 Å². The third-order valence-electron chi connectivity index (χ3n) is 4.99.